The van der Waals surface area contributed by atoms with Crippen LogP contribution in [0.25, 0.3) is 0 Å². The van der Waals surface area contributed by atoms with Crippen molar-refractivity contribution in [2.45, 2.75) is 12.5 Å². The molecule has 0 saturated carbocycles. The Hall–Kier alpha value is -2.04. The summed E-state index contributed by atoms with van der Waals surface area (Å²) in [6.45, 7) is 0.739. The minimum Gasteiger partial charge on any atom is -0.396 e. The molecule has 2 aromatic carbocycles. The number of rotatable bonds is 4. The average Bonchev–Trinajstić information content (AvgIpc) is 2.58. The standard InChI is InChI=1S/C18H20ClN3O/c1-22-16-9-8-14(19)12-15(16)17(13-6-3-2-4-7-13)21-18(22)20-10-5-11-23/h2-4,6-9,12,17,23H,5,10-11H2,1H3,(H,20,21). The Morgan fingerprint density at radius 2 is 2.00 bits per heavy atom. The molecule has 0 fully saturated rings. The van der Waals surface area contributed by atoms with Gasteiger partial charge in [0.05, 0.1) is 6.04 Å². The van der Waals surface area contributed by atoms with Crippen LogP contribution in [-0.2, 0) is 0 Å². The van der Waals surface area contributed by atoms with E-state index in [1.54, 1.807) is 0 Å². The quantitative estimate of drug-likeness (QED) is 0.847. The first-order valence-corrected chi connectivity index (χ1v) is 8.08. The summed E-state index contributed by atoms with van der Waals surface area (Å²) < 4.78 is 0. The van der Waals surface area contributed by atoms with Gasteiger partial charge in [0.1, 0.15) is 0 Å². The van der Waals surface area contributed by atoms with Crippen LogP contribution >= 0.6 is 11.6 Å². The zero-order valence-corrected chi connectivity index (χ0v) is 13.8. The van der Waals surface area contributed by atoms with Gasteiger partial charge >= 0.3 is 0 Å². The van der Waals surface area contributed by atoms with Gasteiger partial charge in [-0.05, 0) is 30.2 Å². The van der Waals surface area contributed by atoms with Crippen molar-refractivity contribution in [3.8, 4) is 0 Å². The molecule has 0 bridgehead atoms. The number of aliphatic hydroxyl groups is 1. The number of anilines is 1. The Kier molecular flexibility index (Phi) is 4.84. The first-order chi connectivity index (χ1) is 11.2. The van der Waals surface area contributed by atoms with Crippen molar-refractivity contribution in [2.75, 3.05) is 25.1 Å². The number of nitrogens with zero attached hydrogens (tertiary/aromatic N) is 2. The molecule has 5 heteroatoms. The fourth-order valence-electron chi connectivity index (χ4n) is 2.80. The van der Waals surface area contributed by atoms with Crippen LogP contribution in [0.15, 0.2) is 53.5 Å². The Bertz CT molecular complexity index is 703. The second kappa shape index (κ2) is 7.02. The van der Waals surface area contributed by atoms with Gasteiger partial charge in [-0.25, -0.2) is 0 Å². The molecule has 0 radical (unpaired) electrons. The fourth-order valence-corrected chi connectivity index (χ4v) is 2.98. The van der Waals surface area contributed by atoms with Crippen LogP contribution in [0.4, 0.5) is 5.69 Å². The number of fused-ring (bicyclic) bond motifs is 1. The Labute approximate surface area is 141 Å². The summed E-state index contributed by atoms with van der Waals surface area (Å²) in [4.78, 5) is 6.62. The van der Waals surface area contributed by atoms with Gasteiger partial charge < -0.3 is 15.3 Å². The molecule has 3 rings (SSSR count). The lowest BCUT2D eigenvalue weighted by Crippen LogP contribution is -2.46. The van der Waals surface area contributed by atoms with Crippen molar-refractivity contribution in [3.05, 3.63) is 64.7 Å². The smallest absolute Gasteiger partial charge is 0.199 e. The van der Waals surface area contributed by atoms with Gasteiger partial charge in [-0.2, -0.15) is 0 Å². The van der Waals surface area contributed by atoms with E-state index in [1.807, 2.05) is 48.3 Å². The zero-order valence-electron chi connectivity index (χ0n) is 13.0. The van der Waals surface area contributed by atoms with Crippen molar-refractivity contribution < 1.29 is 5.11 Å². The third kappa shape index (κ3) is 3.33. The molecular formula is C18H20ClN3O. The van der Waals surface area contributed by atoms with Crippen LogP contribution in [0, 0.1) is 0 Å². The minimum atomic E-state index is 0.00831. The number of aliphatic imine (C=N–C) groups is 1. The van der Waals surface area contributed by atoms with Crippen molar-refractivity contribution in [1.29, 1.82) is 0 Å². The van der Waals surface area contributed by atoms with E-state index in [0.717, 1.165) is 22.2 Å². The van der Waals surface area contributed by atoms with Crippen molar-refractivity contribution in [2.24, 2.45) is 4.99 Å². The van der Waals surface area contributed by atoms with Crippen LogP contribution in [0.5, 0.6) is 0 Å². The summed E-state index contributed by atoms with van der Waals surface area (Å²) in [5, 5.41) is 13.2. The number of halogens is 1. The maximum absolute atomic E-state index is 8.96. The Morgan fingerprint density at radius 3 is 2.74 bits per heavy atom. The number of hydrogen-bond acceptors (Lipinski definition) is 2. The molecule has 23 heavy (non-hydrogen) atoms. The second-order valence-corrected chi connectivity index (χ2v) is 5.97. The van der Waals surface area contributed by atoms with E-state index in [9.17, 15) is 0 Å². The highest BCUT2D eigenvalue weighted by Gasteiger charge is 2.28. The lowest BCUT2D eigenvalue weighted by molar-refractivity contribution is 0.291. The van der Waals surface area contributed by atoms with Crippen LogP contribution < -0.4 is 10.2 Å². The molecule has 1 aliphatic rings. The fraction of sp³-hybridized carbons (Fsp3) is 0.278. The Morgan fingerprint density at radius 1 is 1.22 bits per heavy atom. The summed E-state index contributed by atoms with van der Waals surface area (Å²) in [6.07, 6.45) is 0.655. The van der Waals surface area contributed by atoms with E-state index in [0.29, 0.717) is 13.0 Å². The SMILES string of the molecule is CN1C(=NCCCO)NC(c2ccccc2)c2cc(Cl)ccc21. The topological polar surface area (TPSA) is 47.9 Å². The highest BCUT2D eigenvalue weighted by atomic mass is 35.5. The van der Waals surface area contributed by atoms with Gasteiger partial charge in [0.15, 0.2) is 5.96 Å². The highest BCUT2D eigenvalue weighted by Crippen LogP contribution is 2.35. The number of guanidine groups is 1. The van der Waals surface area contributed by atoms with Gasteiger partial charge in [-0.1, -0.05) is 41.9 Å². The number of nitrogens with one attached hydrogen (secondary N) is 1. The molecule has 120 valence electrons. The normalized spacial score (nSPS) is 18.7. The molecule has 0 saturated heterocycles. The van der Waals surface area contributed by atoms with Gasteiger partial charge in [0, 0.05) is 36.5 Å². The summed E-state index contributed by atoms with van der Waals surface area (Å²) in [6, 6.07) is 16.2. The summed E-state index contributed by atoms with van der Waals surface area (Å²) in [5.74, 6) is 0.808. The molecule has 2 N–H and O–H groups in total. The van der Waals surface area contributed by atoms with Crippen LogP contribution in [0.1, 0.15) is 23.6 Å². The molecule has 0 amide bonds. The lowest BCUT2D eigenvalue weighted by Gasteiger charge is -2.36. The Balaban J connectivity index is 2.03. The first-order valence-electron chi connectivity index (χ1n) is 7.70. The van der Waals surface area contributed by atoms with E-state index < -0.39 is 0 Å². The lowest BCUT2D eigenvalue weighted by atomic mass is 9.95. The maximum atomic E-state index is 8.96. The van der Waals surface area contributed by atoms with Gasteiger partial charge in [0.2, 0.25) is 0 Å². The van der Waals surface area contributed by atoms with Crippen molar-refractivity contribution in [1.82, 2.24) is 5.32 Å². The molecule has 2 aromatic rings. The van der Waals surface area contributed by atoms with Crippen molar-refractivity contribution >= 4 is 23.2 Å². The highest BCUT2D eigenvalue weighted by molar-refractivity contribution is 6.30. The van der Waals surface area contributed by atoms with Crippen LogP contribution in [-0.4, -0.2) is 31.3 Å². The molecule has 4 nitrogen and oxygen atoms in total. The predicted octanol–water partition coefficient (Wildman–Crippen LogP) is 3.21. The summed E-state index contributed by atoms with van der Waals surface area (Å²) in [5.41, 5.74) is 3.39. The van der Waals surface area contributed by atoms with Crippen LogP contribution in [0.3, 0.4) is 0 Å². The molecule has 1 heterocycles. The van der Waals surface area contributed by atoms with E-state index >= 15 is 0 Å². The molecule has 0 aliphatic carbocycles. The molecular weight excluding hydrogens is 310 g/mol. The largest absolute Gasteiger partial charge is 0.396 e. The number of aliphatic hydroxyl groups excluding tert-OH is 1. The van der Waals surface area contributed by atoms with E-state index in [2.05, 4.69) is 22.4 Å². The second-order valence-electron chi connectivity index (χ2n) is 5.53. The molecule has 0 aromatic heterocycles. The predicted molar refractivity (Wildman–Crippen MR) is 95.3 cm³/mol. The third-order valence-electron chi connectivity index (χ3n) is 3.96. The molecule has 1 atom stereocenters. The first kappa shape index (κ1) is 15.8. The van der Waals surface area contributed by atoms with Crippen molar-refractivity contribution in [3.63, 3.8) is 0 Å². The average molecular weight is 330 g/mol. The molecule has 1 unspecified atom stereocenters. The monoisotopic (exact) mass is 329 g/mol. The maximum Gasteiger partial charge on any atom is 0.199 e. The molecule has 1 aliphatic heterocycles. The summed E-state index contributed by atoms with van der Waals surface area (Å²) >= 11 is 6.21. The molecule has 0 spiro atoms. The van der Waals surface area contributed by atoms with Gasteiger partial charge in [0.25, 0.3) is 0 Å². The van der Waals surface area contributed by atoms with Crippen LogP contribution in [0.2, 0.25) is 5.02 Å². The minimum absolute atomic E-state index is 0.00831. The van der Waals surface area contributed by atoms with Gasteiger partial charge in [-0.15, -0.1) is 0 Å². The summed E-state index contributed by atoms with van der Waals surface area (Å²) in [7, 11) is 1.98. The van der Waals surface area contributed by atoms with E-state index in [1.165, 1.54) is 5.56 Å². The van der Waals surface area contributed by atoms with E-state index in [-0.39, 0.29) is 12.6 Å². The zero-order chi connectivity index (χ0) is 16.2. The number of hydrogen-bond donors (Lipinski definition) is 2. The number of benzene rings is 2. The van der Waals surface area contributed by atoms with Gasteiger partial charge in [-0.3, -0.25) is 4.99 Å². The van der Waals surface area contributed by atoms with E-state index in [4.69, 9.17) is 16.7 Å². The third-order valence-corrected chi connectivity index (χ3v) is 4.20.